The van der Waals surface area contributed by atoms with E-state index in [2.05, 4.69) is 31.9 Å². The normalized spacial score (nSPS) is 17.1. The molecule has 102 valence electrons. The van der Waals surface area contributed by atoms with Crippen LogP contribution in [0.1, 0.15) is 18.1 Å². The number of carbonyl (C=O) groups excluding carboxylic acids is 1. The average molecular weight is 389 g/mol. The fourth-order valence-electron chi connectivity index (χ4n) is 2.35. The molecule has 0 amide bonds. The minimum absolute atomic E-state index is 0.328. The van der Waals surface area contributed by atoms with E-state index in [0.717, 1.165) is 28.9 Å². The van der Waals surface area contributed by atoms with Crippen LogP contribution in [0.15, 0.2) is 23.8 Å². The Morgan fingerprint density at radius 3 is 2.68 bits per heavy atom. The molecular formula is C14H13Br2O3-. The minimum Gasteiger partial charge on any atom is -0.549 e. The lowest BCUT2D eigenvalue weighted by Crippen LogP contribution is -2.37. The van der Waals surface area contributed by atoms with Gasteiger partial charge >= 0.3 is 0 Å². The van der Waals surface area contributed by atoms with E-state index in [9.17, 15) is 9.90 Å². The van der Waals surface area contributed by atoms with E-state index in [4.69, 9.17) is 4.74 Å². The first kappa shape index (κ1) is 14.6. The van der Waals surface area contributed by atoms with Crippen molar-refractivity contribution in [3.63, 3.8) is 0 Å². The number of fused-ring (bicyclic) bond motifs is 1. The summed E-state index contributed by atoms with van der Waals surface area (Å²) >= 11 is 6.62. The van der Waals surface area contributed by atoms with Crippen LogP contribution in [0.4, 0.5) is 0 Å². The predicted octanol–water partition coefficient (Wildman–Crippen LogP) is 2.30. The van der Waals surface area contributed by atoms with Crippen LogP contribution in [0.3, 0.4) is 0 Å². The smallest absolute Gasteiger partial charge is 0.119 e. The Labute approximate surface area is 128 Å². The molecule has 1 aliphatic rings. The van der Waals surface area contributed by atoms with Gasteiger partial charge < -0.3 is 14.6 Å². The van der Waals surface area contributed by atoms with E-state index in [-0.39, 0.29) is 4.83 Å². The fraction of sp³-hybridized carbons (Fsp3) is 0.357. The van der Waals surface area contributed by atoms with Gasteiger partial charge in [0, 0.05) is 0 Å². The van der Waals surface area contributed by atoms with Crippen LogP contribution in [-0.2, 0) is 11.2 Å². The molecule has 1 aliphatic carbocycles. The topological polar surface area (TPSA) is 49.4 Å². The van der Waals surface area contributed by atoms with E-state index in [1.165, 1.54) is 5.56 Å². The number of allylic oxidation sites excluding steroid dienone is 2. The van der Waals surface area contributed by atoms with Gasteiger partial charge in [-0.2, -0.15) is 0 Å². The molecule has 0 heterocycles. The van der Waals surface area contributed by atoms with Crippen molar-refractivity contribution in [1.82, 2.24) is 0 Å². The van der Waals surface area contributed by atoms with Gasteiger partial charge in [-0.1, -0.05) is 43.5 Å². The molecule has 1 aromatic rings. The second-order valence-electron chi connectivity index (χ2n) is 4.52. The summed E-state index contributed by atoms with van der Waals surface area (Å²) in [6.45, 7) is 2.02. The molecule has 1 aromatic carbocycles. The number of rotatable bonds is 4. The van der Waals surface area contributed by atoms with Gasteiger partial charge in [0.2, 0.25) is 0 Å². The predicted molar refractivity (Wildman–Crippen MR) is 79.7 cm³/mol. The van der Waals surface area contributed by atoms with Gasteiger partial charge in [-0.05, 0) is 42.2 Å². The second-order valence-corrected chi connectivity index (χ2v) is 6.49. The molecule has 0 spiro atoms. The van der Waals surface area contributed by atoms with E-state index in [1.54, 1.807) is 7.11 Å². The SMILES string of the molecule is COc1ccc2c(c1)C(C(Br)C(Br)C(=O)[O-])=C(C)C2. The van der Waals surface area contributed by atoms with Crippen LogP contribution in [0, 0.1) is 0 Å². The summed E-state index contributed by atoms with van der Waals surface area (Å²) in [6, 6.07) is 5.89. The van der Waals surface area contributed by atoms with Crippen LogP contribution in [0.5, 0.6) is 5.75 Å². The number of hydrogen-bond donors (Lipinski definition) is 0. The maximum Gasteiger partial charge on any atom is 0.119 e. The molecule has 5 heteroatoms. The molecule has 2 atom stereocenters. The summed E-state index contributed by atoms with van der Waals surface area (Å²) in [5.41, 5.74) is 4.40. The number of benzene rings is 1. The zero-order chi connectivity index (χ0) is 14.2. The Kier molecular flexibility index (Phi) is 4.36. The zero-order valence-electron chi connectivity index (χ0n) is 10.6. The van der Waals surface area contributed by atoms with Crippen LogP contribution in [-0.4, -0.2) is 22.7 Å². The number of alkyl halides is 2. The van der Waals surface area contributed by atoms with Crippen molar-refractivity contribution in [1.29, 1.82) is 0 Å². The molecule has 2 unspecified atom stereocenters. The Bertz CT molecular complexity index is 552. The van der Waals surface area contributed by atoms with Crippen molar-refractivity contribution in [3.8, 4) is 5.75 Å². The summed E-state index contributed by atoms with van der Waals surface area (Å²) < 4.78 is 5.23. The summed E-state index contributed by atoms with van der Waals surface area (Å²) in [7, 11) is 1.62. The number of ether oxygens (including phenoxy) is 1. The van der Waals surface area contributed by atoms with Crippen molar-refractivity contribution < 1.29 is 14.6 Å². The minimum atomic E-state index is -1.13. The Balaban J connectivity index is 2.43. The first-order chi connectivity index (χ1) is 8.95. The molecule has 0 saturated carbocycles. The van der Waals surface area contributed by atoms with Crippen LogP contribution in [0.25, 0.3) is 5.57 Å². The van der Waals surface area contributed by atoms with Crippen molar-refractivity contribution in [3.05, 3.63) is 34.9 Å². The maximum absolute atomic E-state index is 11.0. The fourth-order valence-corrected chi connectivity index (χ4v) is 3.47. The Morgan fingerprint density at radius 1 is 1.42 bits per heavy atom. The number of carboxylic acids is 1. The van der Waals surface area contributed by atoms with Gasteiger partial charge in [0.25, 0.3) is 0 Å². The van der Waals surface area contributed by atoms with Crippen molar-refractivity contribution in [2.45, 2.75) is 23.0 Å². The number of carbonyl (C=O) groups is 1. The molecule has 0 aromatic heterocycles. The van der Waals surface area contributed by atoms with Gasteiger partial charge in [0.05, 0.1) is 22.7 Å². The molecule has 19 heavy (non-hydrogen) atoms. The monoisotopic (exact) mass is 387 g/mol. The third-order valence-electron chi connectivity index (χ3n) is 3.28. The van der Waals surface area contributed by atoms with Gasteiger partial charge in [-0.15, -0.1) is 0 Å². The highest BCUT2D eigenvalue weighted by molar-refractivity contribution is 9.12. The first-order valence-corrected chi connectivity index (χ1v) is 7.64. The van der Waals surface area contributed by atoms with E-state index in [0.29, 0.717) is 0 Å². The average Bonchev–Trinajstić information content (AvgIpc) is 2.71. The standard InChI is InChI=1S/C14H14Br2O3/c1-7-5-8-3-4-9(19-2)6-10(8)11(7)12(15)13(16)14(17)18/h3-4,6,12-13H,5H2,1-2H3,(H,17,18)/p-1. The molecule has 0 N–H and O–H groups in total. The number of hydrogen-bond acceptors (Lipinski definition) is 3. The van der Waals surface area contributed by atoms with Crippen LogP contribution >= 0.6 is 31.9 Å². The molecule has 0 bridgehead atoms. The highest BCUT2D eigenvalue weighted by atomic mass is 79.9. The highest BCUT2D eigenvalue weighted by Crippen LogP contribution is 2.41. The van der Waals surface area contributed by atoms with Crippen molar-refractivity contribution in [2.24, 2.45) is 0 Å². The van der Waals surface area contributed by atoms with Gasteiger partial charge in [-0.25, -0.2) is 0 Å². The maximum atomic E-state index is 11.0. The number of aliphatic carboxylic acids is 1. The van der Waals surface area contributed by atoms with Gasteiger partial charge in [0.15, 0.2) is 0 Å². The molecule has 0 aliphatic heterocycles. The molecule has 0 fully saturated rings. The quantitative estimate of drug-likeness (QED) is 0.743. The zero-order valence-corrected chi connectivity index (χ0v) is 13.7. The third-order valence-corrected chi connectivity index (χ3v) is 5.88. The molecular weight excluding hydrogens is 376 g/mol. The lowest BCUT2D eigenvalue weighted by Gasteiger charge is -2.21. The van der Waals surface area contributed by atoms with Crippen molar-refractivity contribution >= 4 is 43.4 Å². The van der Waals surface area contributed by atoms with Crippen molar-refractivity contribution in [2.75, 3.05) is 7.11 Å². The summed E-state index contributed by atoms with van der Waals surface area (Å²) in [5, 5.41) is 11.0. The first-order valence-electron chi connectivity index (χ1n) is 5.81. The van der Waals surface area contributed by atoms with Gasteiger partial charge in [-0.3, -0.25) is 0 Å². The van der Waals surface area contributed by atoms with Crippen LogP contribution in [0.2, 0.25) is 0 Å². The van der Waals surface area contributed by atoms with E-state index in [1.807, 2.05) is 25.1 Å². The Morgan fingerprint density at radius 2 is 2.11 bits per heavy atom. The van der Waals surface area contributed by atoms with E-state index < -0.39 is 10.8 Å². The molecule has 3 nitrogen and oxygen atoms in total. The Hall–Kier alpha value is -0.810. The lowest BCUT2D eigenvalue weighted by atomic mass is 10.0. The number of halogens is 2. The highest BCUT2D eigenvalue weighted by Gasteiger charge is 2.29. The van der Waals surface area contributed by atoms with Crippen LogP contribution < -0.4 is 9.84 Å². The number of methoxy groups -OCH3 is 1. The molecule has 0 radical (unpaired) electrons. The lowest BCUT2D eigenvalue weighted by molar-refractivity contribution is -0.304. The summed E-state index contributed by atoms with van der Waals surface area (Å²) in [4.78, 5) is 9.91. The van der Waals surface area contributed by atoms with Gasteiger partial charge in [0.1, 0.15) is 5.75 Å². The summed E-state index contributed by atoms with van der Waals surface area (Å²) in [5.74, 6) is -0.358. The third kappa shape index (κ3) is 2.72. The summed E-state index contributed by atoms with van der Waals surface area (Å²) in [6.07, 6.45) is 0.837. The molecule has 0 saturated heterocycles. The van der Waals surface area contributed by atoms with E-state index >= 15 is 0 Å². The number of carboxylic acid groups (broad SMARTS) is 1. The second kappa shape index (κ2) is 5.67. The largest absolute Gasteiger partial charge is 0.549 e. The molecule has 2 rings (SSSR count).